The van der Waals surface area contributed by atoms with Crippen molar-refractivity contribution >= 4 is 0 Å². The first-order valence-corrected chi connectivity index (χ1v) is 9.85. The molecule has 0 aliphatic carbocycles. The van der Waals surface area contributed by atoms with Gasteiger partial charge in [-0.2, -0.15) is 0 Å². The van der Waals surface area contributed by atoms with Gasteiger partial charge in [0.2, 0.25) is 0 Å². The maximum atomic E-state index is 6.61. The standard InChI is InChI=1S/C24H26N2O2/c25-24(18-13-15-26-16-14-18)19-11-12-22(27-20-7-3-1-4-8-20)23(17-19)28-21-9-5-2-6-10-21/h1-12,17-18,24,26H,13-16,25H2/t24-/m1/s1. The number of benzene rings is 3. The summed E-state index contributed by atoms with van der Waals surface area (Å²) in [7, 11) is 0. The molecule has 144 valence electrons. The molecule has 0 aromatic heterocycles. The third-order valence-electron chi connectivity index (χ3n) is 5.19. The van der Waals surface area contributed by atoms with Gasteiger partial charge in [0, 0.05) is 6.04 Å². The predicted molar refractivity (Wildman–Crippen MR) is 112 cm³/mol. The van der Waals surface area contributed by atoms with E-state index in [1.165, 1.54) is 0 Å². The van der Waals surface area contributed by atoms with Crippen LogP contribution in [0.1, 0.15) is 24.4 Å². The highest BCUT2D eigenvalue weighted by Gasteiger charge is 2.23. The van der Waals surface area contributed by atoms with Crippen LogP contribution >= 0.6 is 0 Å². The lowest BCUT2D eigenvalue weighted by Gasteiger charge is -2.28. The van der Waals surface area contributed by atoms with E-state index in [0.29, 0.717) is 17.4 Å². The zero-order chi connectivity index (χ0) is 19.2. The van der Waals surface area contributed by atoms with Crippen molar-refractivity contribution in [2.75, 3.05) is 13.1 Å². The van der Waals surface area contributed by atoms with Crippen LogP contribution in [0, 0.1) is 5.92 Å². The molecule has 3 aromatic rings. The van der Waals surface area contributed by atoms with Crippen molar-refractivity contribution < 1.29 is 9.47 Å². The molecule has 4 nitrogen and oxygen atoms in total. The number of nitrogens with two attached hydrogens (primary N) is 1. The number of nitrogens with one attached hydrogen (secondary N) is 1. The van der Waals surface area contributed by atoms with E-state index in [2.05, 4.69) is 11.4 Å². The second kappa shape index (κ2) is 8.91. The number of rotatable bonds is 6. The first-order chi connectivity index (χ1) is 13.8. The normalized spacial score (nSPS) is 15.8. The average Bonchev–Trinajstić information content (AvgIpc) is 2.76. The molecular formula is C24H26N2O2. The van der Waals surface area contributed by atoms with Gasteiger partial charge < -0.3 is 20.5 Å². The first kappa shape index (κ1) is 18.5. The van der Waals surface area contributed by atoms with Gasteiger partial charge in [0.25, 0.3) is 0 Å². The highest BCUT2D eigenvalue weighted by molar-refractivity contribution is 5.48. The van der Waals surface area contributed by atoms with Crippen molar-refractivity contribution in [2.45, 2.75) is 18.9 Å². The molecule has 1 heterocycles. The second-order valence-electron chi connectivity index (χ2n) is 7.15. The van der Waals surface area contributed by atoms with E-state index in [1.54, 1.807) is 0 Å². The molecule has 0 amide bonds. The number of hydrogen-bond donors (Lipinski definition) is 2. The molecular weight excluding hydrogens is 348 g/mol. The van der Waals surface area contributed by atoms with E-state index in [0.717, 1.165) is 43.0 Å². The molecule has 0 spiro atoms. The van der Waals surface area contributed by atoms with Crippen LogP contribution in [0.4, 0.5) is 0 Å². The topological polar surface area (TPSA) is 56.5 Å². The monoisotopic (exact) mass is 374 g/mol. The molecule has 4 rings (SSSR count). The SMILES string of the molecule is N[C@@H](c1ccc(Oc2ccccc2)c(Oc2ccccc2)c1)C1CCNCC1. The second-order valence-corrected chi connectivity index (χ2v) is 7.15. The Hall–Kier alpha value is -2.82. The van der Waals surface area contributed by atoms with Gasteiger partial charge in [0.15, 0.2) is 11.5 Å². The molecule has 1 aliphatic rings. The highest BCUT2D eigenvalue weighted by Crippen LogP contribution is 2.38. The van der Waals surface area contributed by atoms with Gasteiger partial charge >= 0.3 is 0 Å². The summed E-state index contributed by atoms with van der Waals surface area (Å²) < 4.78 is 12.3. The number of para-hydroxylation sites is 2. The van der Waals surface area contributed by atoms with Crippen molar-refractivity contribution in [3.8, 4) is 23.0 Å². The summed E-state index contributed by atoms with van der Waals surface area (Å²) in [6, 6.07) is 25.5. The van der Waals surface area contributed by atoms with Gasteiger partial charge in [-0.15, -0.1) is 0 Å². The van der Waals surface area contributed by atoms with E-state index in [4.69, 9.17) is 15.2 Å². The molecule has 0 saturated carbocycles. The maximum Gasteiger partial charge on any atom is 0.170 e. The molecule has 1 atom stereocenters. The number of hydrogen-bond acceptors (Lipinski definition) is 4. The van der Waals surface area contributed by atoms with Gasteiger partial charge in [0.05, 0.1) is 0 Å². The fourth-order valence-electron chi connectivity index (χ4n) is 3.60. The minimum atomic E-state index is -0.00833. The minimum absolute atomic E-state index is 0.00833. The highest BCUT2D eigenvalue weighted by atomic mass is 16.5. The molecule has 1 aliphatic heterocycles. The molecule has 1 saturated heterocycles. The van der Waals surface area contributed by atoms with Gasteiger partial charge in [-0.05, 0) is 73.8 Å². The van der Waals surface area contributed by atoms with Crippen LogP contribution in [0.3, 0.4) is 0 Å². The summed E-state index contributed by atoms with van der Waals surface area (Å²) in [6.07, 6.45) is 2.19. The molecule has 4 heteroatoms. The Bertz CT molecular complexity index is 878. The van der Waals surface area contributed by atoms with Crippen LogP contribution in [-0.2, 0) is 0 Å². The molecule has 0 unspecified atom stereocenters. The first-order valence-electron chi connectivity index (χ1n) is 9.85. The van der Waals surface area contributed by atoms with Crippen molar-refractivity contribution in [2.24, 2.45) is 11.7 Å². The molecule has 0 radical (unpaired) electrons. The summed E-state index contributed by atoms with van der Waals surface area (Å²) in [6.45, 7) is 2.06. The van der Waals surface area contributed by atoms with Gasteiger partial charge in [0.1, 0.15) is 11.5 Å². The van der Waals surface area contributed by atoms with Crippen LogP contribution in [0.15, 0.2) is 78.9 Å². The fourth-order valence-corrected chi connectivity index (χ4v) is 3.60. The Morgan fingerprint density at radius 1 is 0.750 bits per heavy atom. The molecule has 0 bridgehead atoms. The van der Waals surface area contributed by atoms with E-state index < -0.39 is 0 Å². The lowest BCUT2D eigenvalue weighted by molar-refractivity contribution is 0.321. The summed E-state index contributed by atoms with van der Waals surface area (Å²) in [4.78, 5) is 0. The van der Waals surface area contributed by atoms with E-state index in [1.807, 2.05) is 72.8 Å². The molecule has 28 heavy (non-hydrogen) atoms. The fraction of sp³-hybridized carbons (Fsp3) is 0.250. The number of ether oxygens (including phenoxy) is 2. The summed E-state index contributed by atoms with van der Waals surface area (Å²) >= 11 is 0. The Labute approximate surface area is 166 Å². The quantitative estimate of drug-likeness (QED) is 0.617. The molecule has 3 N–H and O–H groups in total. The van der Waals surface area contributed by atoms with Gasteiger partial charge in [-0.1, -0.05) is 42.5 Å². The Kier molecular flexibility index (Phi) is 5.90. The largest absolute Gasteiger partial charge is 0.453 e. The van der Waals surface area contributed by atoms with E-state index in [9.17, 15) is 0 Å². The number of piperidine rings is 1. The van der Waals surface area contributed by atoms with Crippen LogP contribution < -0.4 is 20.5 Å². The van der Waals surface area contributed by atoms with Crippen molar-refractivity contribution in [1.29, 1.82) is 0 Å². The summed E-state index contributed by atoms with van der Waals surface area (Å²) in [5.74, 6) is 3.38. The smallest absolute Gasteiger partial charge is 0.170 e. The minimum Gasteiger partial charge on any atom is -0.453 e. The average molecular weight is 374 g/mol. The van der Waals surface area contributed by atoms with E-state index in [-0.39, 0.29) is 6.04 Å². The Morgan fingerprint density at radius 3 is 1.93 bits per heavy atom. The maximum absolute atomic E-state index is 6.61. The summed E-state index contributed by atoms with van der Waals surface area (Å²) in [5, 5.41) is 3.40. The predicted octanol–water partition coefficient (Wildman–Crippen LogP) is 5.27. The van der Waals surface area contributed by atoms with Crippen molar-refractivity contribution in [1.82, 2.24) is 5.32 Å². The zero-order valence-electron chi connectivity index (χ0n) is 15.9. The van der Waals surface area contributed by atoms with Crippen LogP contribution in [0.5, 0.6) is 23.0 Å². The van der Waals surface area contributed by atoms with Crippen LogP contribution in [-0.4, -0.2) is 13.1 Å². The Balaban J connectivity index is 1.63. The molecule has 3 aromatic carbocycles. The van der Waals surface area contributed by atoms with Crippen LogP contribution in [0.25, 0.3) is 0 Å². The third-order valence-corrected chi connectivity index (χ3v) is 5.19. The van der Waals surface area contributed by atoms with Gasteiger partial charge in [-0.25, -0.2) is 0 Å². The summed E-state index contributed by atoms with van der Waals surface area (Å²) in [5.41, 5.74) is 7.69. The molecule has 1 fully saturated rings. The lowest BCUT2D eigenvalue weighted by Crippen LogP contribution is -2.33. The van der Waals surface area contributed by atoms with Gasteiger partial charge in [-0.3, -0.25) is 0 Å². The van der Waals surface area contributed by atoms with E-state index >= 15 is 0 Å². The zero-order valence-corrected chi connectivity index (χ0v) is 15.9. The van der Waals surface area contributed by atoms with Crippen molar-refractivity contribution in [3.63, 3.8) is 0 Å². The van der Waals surface area contributed by atoms with Crippen molar-refractivity contribution in [3.05, 3.63) is 84.4 Å². The third kappa shape index (κ3) is 4.53. The van der Waals surface area contributed by atoms with Crippen LogP contribution in [0.2, 0.25) is 0 Å². The lowest BCUT2D eigenvalue weighted by atomic mass is 9.86. The Morgan fingerprint density at radius 2 is 1.32 bits per heavy atom.